The molecule has 0 heterocycles. The van der Waals surface area contributed by atoms with Crippen LogP contribution in [0.4, 0.5) is 0 Å². The van der Waals surface area contributed by atoms with Crippen molar-refractivity contribution in [3.05, 3.63) is 0 Å². The molecule has 0 saturated heterocycles. The van der Waals surface area contributed by atoms with Gasteiger partial charge >= 0.3 is 0 Å². The average Bonchev–Trinajstić information content (AvgIpc) is 2.32. The van der Waals surface area contributed by atoms with Crippen molar-refractivity contribution < 1.29 is 22.0 Å². The maximum Gasteiger partial charge on any atom is 0.101 e. The van der Waals surface area contributed by atoms with Crippen LogP contribution in [0.1, 0.15) is 78.1 Å². The summed E-state index contributed by atoms with van der Waals surface area (Å²) >= 11 is 0. The zero-order valence-corrected chi connectivity index (χ0v) is 15.5. The Morgan fingerprint density at radius 2 is 0.950 bits per heavy atom. The zero-order chi connectivity index (χ0) is 15.0. The van der Waals surface area contributed by atoms with Crippen LogP contribution in [0.5, 0.6) is 0 Å². The Balaban J connectivity index is -0.000000312. The molecule has 0 aliphatic carbocycles. The third-order valence-corrected chi connectivity index (χ3v) is 3.23. The number of aliphatic hydroxyl groups is 1. The van der Waals surface area contributed by atoms with E-state index in [1.54, 1.807) is 0 Å². The highest BCUT2D eigenvalue weighted by molar-refractivity contribution is 4.45. The van der Waals surface area contributed by atoms with Gasteiger partial charge in [0.05, 0.1) is 27.7 Å². The van der Waals surface area contributed by atoms with E-state index >= 15 is 0 Å². The highest BCUT2D eigenvalue weighted by Gasteiger charge is 2.02. The lowest BCUT2D eigenvalue weighted by Gasteiger charge is -2.21. The van der Waals surface area contributed by atoms with Gasteiger partial charge in [-0.2, -0.15) is 0 Å². The fourth-order valence-electron chi connectivity index (χ4n) is 1.86. The molecule has 1 N–H and O–H groups in total. The van der Waals surface area contributed by atoms with Gasteiger partial charge in [-0.3, -0.25) is 0 Å². The van der Waals surface area contributed by atoms with E-state index in [2.05, 4.69) is 35.0 Å². The van der Waals surface area contributed by atoms with Crippen molar-refractivity contribution in [1.29, 1.82) is 0 Å². The molecular formula is C17H40ClNO. The number of nitrogens with zero attached hydrogens (tertiary/aromatic N) is 1. The highest BCUT2D eigenvalue weighted by atomic mass is 35.5. The standard InChI is InChI=1S/C12H26.C5H14NO.ClH/c1-3-5-7-9-11-12-10-8-6-4-2;1-6(2,3)4-5-7;/h3-12H2,1-2H3;7H,4-5H2,1-3H3;1H/q;+1;/p-1. The molecule has 0 aliphatic heterocycles. The first kappa shape index (κ1) is 25.2. The van der Waals surface area contributed by atoms with Crippen LogP contribution in [0.3, 0.4) is 0 Å². The first-order valence-corrected chi connectivity index (χ1v) is 8.39. The Labute approximate surface area is 135 Å². The monoisotopic (exact) mass is 309 g/mol. The average molecular weight is 310 g/mol. The number of halogens is 1. The quantitative estimate of drug-likeness (QED) is 0.454. The lowest BCUT2D eigenvalue weighted by molar-refractivity contribution is -0.870. The van der Waals surface area contributed by atoms with Crippen molar-refractivity contribution in [2.24, 2.45) is 0 Å². The van der Waals surface area contributed by atoms with E-state index in [0.29, 0.717) is 0 Å². The van der Waals surface area contributed by atoms with E-state index in [9.17, 15) is 0 Å². The number of aliphatic hydroxyl groups excluding tert-OH is 1. The van der Waals surface area contributed by atoms with Gasteiger partial charge in [-0.1, -0.05) is 78.1 Å². The third kappa shape index (κ3) is 30.9. The van der Waals surface area contributed by atoms with Gasteiger partial charge in [0.1, 0.15) is 6.54 Å². The SMILES string of the molecule is CCCCCCCCCCCC.C[N+](C)(C)CCO.[Cl-]. The van der Waals surface area contributed by atoms with Gasteiger partial charge in [0, 0.05) is 0 Å². The molecule has 0 spiro atoms. The minimum absolute atomic E-state index is 0. The Kier molecular flexibility index (Phi) is 24.2. The zero-order valence-electron chi connectivity index (χ0n) is 14.8. The molecule has 0 fully saturated rings. The molecule has 126 valence electrons. The van der Waals surface area contributed by atoms with Crippen molar-refractivity contribution in [2.75, 3.05) is 34.3 Å². The van der Waals surface area contributed by atoms with Crippen molar-refractivity contribution in [3.8, 4) is 0 Å². The second-order valence-corrected chi connectivity index (χ2v) is 6.57. The molecule has 3 heteroatoms. The Morgan fingerprint density at radius 3 is 1.10 bits per heavy atom. The van der Waals surface area contributed by atoms with Crippen LogP contribution in [0.25, 0.3) is 0 Å². The molecule has 0 bridgehead atoms. The predicted octanol–water partition coefficient (Wildman–Crippen LogP) is 1.62. The summed E-state index contributed by atoms with van der Waals surface area (Å²) in [6.45, 7) is 5.67. The Hall–Kier alpha value is 0.210. The molecule has 20 heavy (non-hydrogen) atoms. The van der Waals surface area contributed by atoms with E-state index in [0.717, 1.165) is 11.0 Å². The van der Waals surface area contributed by atoms with Gasteiger partial charge in [-0.05, 0) is 0 Å². The summed E-state index contributed by atoms with van der Waals surface area (Å²) in [5.74, 6) is 0. The minimum atomic E-state index is 0. The van der Waals surface area contributed by atoms with Gasteiger partial charge in [0.2, 0.25) is 0 Å². The molecule has 0 aromatic heterocycles. The molecule has 0 aliphatic rings. The van der Waals surface area contributed by atoms with Crippen LogP contribution in [0.2, 0.25) is 0 Å². The maximum atomic E-state index is 8.39. The summed E-state index contributed by atoms with van der Waals surface area (Å²) < 4.78 is 0.844. The van der Waals surface area contributed by atoms with E-state index < -0.39 is 0 Å². The van der Waals surface area contributed by atoms with Crippen LogP contribution in [-0.4, -0.2) is 43.9 Å². The van der Waals surface area contributed by atoms with Crippen molar-refractivity contribution in [1.82, 2.24) is 0 Å². The summed E-state index contributed by atoms with van der Waals surface area (Å²) in [5, 5.41) is 8.39. The number of likely N-dealkylation sites (N-methyl/N-ethyl adjacent to an activating group) is 1. The largest absolute Gasteiger partial charge is 1.00 e. The number of unbranched alkanes of at least 4 members (excludes halogenated alkanes) is 9. The molecule has 0 amide bonds. The van der Waals surface area contributed by atoms with Crippen LogP contribution in [0, 0.1) is 0 Å². The summed E-state index contributed by atoms with van der Waals surface area (Å²) in [4.78, 5) is 0. The third-order valence-electron chi connectivity index (χ3n) is 3.23. The number of hydrogen-bond acceptors (Lipinski definition) is 1. The van der Waals surface area contributed by atoms with Gasteiger partial charge < -0.3 is 22.0 Å². The number of rotatable bonds is 11. The maximum absolute atomic E-state index is 8.39. The van der Waals surface area contributed by atoms with E-state index in [1.165, 1.54) is 64.2 Å². The molecule has 0 atom stereocenters. The second-order valence-electron chi connectivity index (χ2n) is 6.57. The lowest BCUT2D eigenvalue weighted by atomic mass is 10.1. The summed E-state index contributed by atoms with van der Waals surface area (Å²) in [6, 6.07) is 0. The van der Waals surface area contributed by atoms with Crippen molar-refractivity contribution >= 4 is 0 Å². The van der Waals surface area contributed by atoms with Crippen LogP contribution in [-0.2, 0) is 0 Å². The van der Waals surface area contributed by atoms with E-state index in [-0.39, 0.29) is 19.0 Å². The minimum Gasteiger partial charge on any atom is -1.00 e. The first-order valence-electron chi connectivity index (χ1n) is 8.39. The summed E-state index contributed by atoms with van der Waals surface area (Å²) in [6.07, 6.45) is 14.4. The topological polar surface area (TPSA) is 20.2 Å². The van der Waals surface area contributed by atoms with E-state index in [4.69, 9.17) is 5.11 Å². The lowest BCUT2D eigenvalue weighted by Crippen LogP contribution is -3.00. The summed E-state index contributed by atoms with van der Waals surface area (Å²) in [7, 11) is 6.16. The summed E-state index contributed by atoms with van der Waals surface area (Å²) in [5.41, 5.74) is 0. The molecule has 0 aromatic carbocycles. The fraction of sp³-hybridized carbons (Fsp3) is 1.00. The molecule has 2 nitrogen and oxygen atoms in total. The van der Waals surface area contributed by atoms with Crippen molar-refractivity contribution in [3.63, 3.8) is 0 Å². The fourth-order valence-corrected chi connectivity index (χ4v) is 1.86. The van der Waals surface area contributed by atoms with Crippen LogP contribution < -0.4 is 12.4 Å². The first-order chi connectivity index (χ1) is 8.97. The molecule has 0 rings (SSSR count). The Morgan fingerprint density at radius 1 is 0.650 bits per heavy atom. The Bertz CT molecular complexity index is 148. The van der Waals surface area contributed by atoms with Crippen molar-refractivity contribution in [2.45, 2.75) is 78.1 Å². The van der Waals surface area contributed by atoms with Gasteiger partial charge in [-0.15, -0.1) is 0 Å². The number of quaternary nitrogens is 1. The smallest absolute Gasteiger partial charge is 0.101 e. The van der Waals surface area contributed by atoms with Crippen LogP contribution >= 0.6 is 0 Å². The molecule has 0 saturated carbocycles. The molecule has 0 unspecified atom stereocenters. The van der Waals surface area contributed by atoms with Gasteiger partial charge in [0.25, 0.3) is 0 Å². The normalized spacial score (nSPS) is 10.5. The van der Waals surface area contributed by atoms with Gasteiger partial charge in [-0.25, -0.2) is 0 Å². The molecule has 0 radical (unpaired) electrons. The van der Waals surface area contributed by atoms with E-state index in [1.807, 2.05) is 0 Å². The van der Waals surface area contributed by atoms with Crippen LogP contribution in [0.15, 0.2) is 0 Å². The van der Waals surface area contributed by atoms with Gasteiger partial charge in [0.15, 0.2) is 0 Å². The number of hydrogen-bond donors (Lipinski definition) is 1. The molecular weight excluding hydrogens is 270 g/mol. The molecule has 0 aromatic rings. The second kappa shape index (κ2) is 19.2. The predicted molar refractivity (Wildman–Crippen MR) is 87.5 cm³/mol. The highest BCUT2D eigenvalue weighted by Crippen LogP contribution is 2.09.